The molecule has 5 heteroatoms. The zero-order chi connectivity index (χ0) is 13.1. The lowest BCUT2D eigenvalue weighted by atomic mass is 9.99. The Morgan fingerprint density at radius 1 is 1.56 bits per heavy atom. The minimum Gasteiger partial charge on any atom is -0.334 e. The van der Waals surface area contributed by atoms with Gasteiger partial charge >= 0.3 is 0 Å². The fraction of sp³-hybridized carbons (Fsp3) is 0.692. The van der Waals surface area contributed by atoms with Crippen LogP contribution in [0.3, 0.4) is 0 Å². The molecule has 0 aliphatic carbocycles. The Balaban J connectivity index is 2.18. The lowest BCUT2D eigenvalue weighted by molar-refractivity contribution is 0.0593. The smallest absolute Gasteiger partial charge is 0.272 e. The Kier molecular flexibility index (Phi) is 4.01. The molecule has 0 saturated carbocycles. The summed E-state index contributed by atoms with van der Waals surface area (Å²) >= 11 is 0. The third-order valence-corrected chi connectivity index (χ3v) is 3.61. The van der Waals surface area contributed by atoms with Gasteiger partial charge in [-0.15, -0.1) is 0 Å². The van der Waals surface area contributed by atoms with E-state index in [1.807, 2.05) is 24.9 Å². The van der Waals surface area contributed by atoms with Crippen molar-refractivity contribution in [3.63, 3.8) is 0 Å². The summed E-state index contributed by atoms with van der Waals surface area (Å²) in [6, 6.07) is 2.16. The maximum atomic E-state index is 12.5. The van der Waals surface area contributed by atoms with Crippen LogP contribution in [0.15, 0.2) is 6.07 Å². The highest BCUT2D eigenvalue weighted by Crippen LogP contribution is 2.21. The van der Waals surface area contributed by atoms with E-state index in [9.17, 15) is 4.79 Å². The Morgan fingerprint density at radius 3 is 2.94 bits per heavy atom. The van der Waals surface area contributed by atoms with Gasteiger partial charge in [-0.2, -0.15) is 5.10 Å². The second-order valence-corrected chi connectivity index (χ2v) is 5.02. The highest BCUT2D eigenvalue weighted by Gasteiger charge is 2.28. The van der Waals surface area contributed by atoms with Crippen LogP contribution in [-0.2, 0) is 7.05 Å². The van der Waals surface area contributed by atoms with Crippen LogP contribution >= 0.6 is 0 Å². The molecule has 0 radical (unpaired) electrons. The van der Waals surface area contributed by atoms with Crippen LogP contribution in [-0.4, -0.2) is 39.7 Å². The number of nitrogens with two attached hydrogens (primary N) is 1. The van der Waals surface area contributed by atoms with E-state index >= 15 is 0 Å². The number of likely N-dealkylation sites (tertiary alicyclic amines) is 1. The minimum atomic E-state index is 0.0938. The Hall–Kier alpha value is -1.36. The summed E-state index contributed by atoms with van der Waals surface area (Å²) in [7, 11) is 1.82. The van der Waals surface area contributed by atoms with Gasteiger partial charge in [-0.05, 0) is 45.2 Å². The van der Waals surface area contributed by atoms with Gasteiger partial charge in [-0.3, -0.25) is 9.48 Å². The van der Waals surface area contributed by atoms with Gasteiger partial charge in [-0.1, -0.05) is 0 Å². The minimum absolute atomic E-state index is 0.0938. The van der Waals surface area contributed by atoms with Crippen LogP contribution in [0.5, 0.6) is 0 Å². The molecule has 1 saturated heterocycles. The number of carbonyl (C=O) groups excluding carboxylic acids is 1. The fourth-order valence-electron chi connectivity index (χ4n) is 2.72. The van der Waals surface area contributed by atoms with Crippen molar-refractivity contribution in [2.45, 2.75) is 38.6 Å². The Bertz CT molecular complexity index is 425. The van der Waals surface area contributed by atoms with Gasteiger partial charge < -0.3 is 10.6 Å². The molecule has 1 amide bonds. The summed E-state index contributed by atoms with van der Waals surface area (Å²) in [4.78, 5) is 14.5. The first-order valence-corrected chi connectivity index (χ1v) is 6.65. The van der Waals surface area contributed by atoms with Crippen LogP contribution < -0.4 is 5.73 Å². The molecule has 1 aliphatic rings. The van der Waals surface area contributed by atoms with Crippen molar-refractivity contribution in [1.29, 1.82) is 0 Å². The zero-order valence-corrected chi connectivity index (χ0v) is 11.2. The number of rotatable bonds is 3. The van der Waals surface area contributed by atoms with E-state index in [1.165, 1.54) is 6.42 Å². The zero-order valence-electron chi connectivity index (χ0n) is 11.2. The highest BCUT2D eigenvalue weighted by atomic mass is 16.2. The van der Waals surface area contributed by atoms with Crippen LogP contribution in [0.25, 0.3) is 0 Å². The summed E-state index contributed by atoms with van der Waals surface area (Å²) in [5.41, 5.74) is 7.20. The van der Waals surface area contributed by atoms with Crippen LogP contribution in [0.4, 0.5) is 0 Å². The van der Waals surface area contributed by atoms with Crippen molar-refractivity contribution in [3.8, 4) is 0 Å². The number of amides is 1. The number of piperidine rings is 1. The quantitative estimate of drug-likeness (QED) is 0.873. The maximum absolute atomic E-state index is 12.5. The Morgan fingerprint density at radius 2 is 2.33 bits per heavy atom. The third kappa shape index (κ3) is 2.56. The summed E-state index contributed by atoms with van der Waals surface area (Å²) in [6.45, 7) is 3.39. The monoisotopic (exact) mass is 250 g/mol. The normalized spacial score (nSPS) is 20.2. The van der Waals surface area contributed by atoms with Gasteiger partial charge in [0, 0.05) is 19.6 Å². The summed E-state index contributed by atoms with van der Waals surface area (Å²) in [5.74, 6) is 0.0938. The SMILES string of the molecule is Cc1cc(C(=O)N2CCCCC2CCN)n(C)n1. The predicted molar refractivity (Wildman–Crippen MR) is 70.3 cm³/mol. The van der Waals surface area contributed by atoms with Gasteiger partial charge in [0.15, 0.2) is 0 Å². The van der Waals surface area contributed by atoms with Gasteiger partial charge in [0.1, 0.15) is 5.69 Å². The molecule has 2 heterocycles. The second kappa shape index (κ2) is 5.52. The van der Waals surface area contributed by atoms with E-state index < -0.39 is 0 Å². The molecule has 1 aliphatic heterocycles. The van der Waals surface area contributed by atoms with Crippen molar-refractivity contribution < 1.29 is 4.79 Å². The molecule has 1 atom stereocenters. The lowest BCUT2D eigenvalue weighted by Crippen LogP contribution is -2.45. The summed E-state index contributed by atoms with van der Waals surface area (Å²) < 4.78 is 1.67. The molecule has 5 nitrogen and oxygen atoms in total. The number of aryl methyl sites for hydroxylation is 2. The molecule has 0 bridgehead atoms. The molecular formula is C13H22N4O. The maximum Gasteiger partial charge on any atom is 0.272 e. The number of carbonyl (C=O) groups is 1. The molecule has 100 valence electrons. The van der Waals surface area contributed by atoms with E-state index in [0.717, 1.165) is 31.5 Å². The lowest BCUT2D eigenvalue weighted by Gasteiger charge is -2.35. The summed E-state index contributed by atoms with van der Waals surface area (Å²) in [5, 5.41) is 4.24. The Labute approximate surface area is 108 Å². The standard InChI is InChI=1S/C13H22N4O/c1-10-9-12(16(2)15-10)13(18)17-8-4-3-5-11(17)6-7-14/h9,11H,3-8,14H2,1-2H3. The fourth-order valence-corrected chi connectivity index (χ4v) is 2.72. The van der Waals surface area contributed by atoms with Crippen molar-refractivity contribution >= 4 is 5.91 Å². The molecule has 2 rings (SSSR count). The van der Waals surface area contributed by atoms with E-state index in [0.29, 0.717) is 18.3 Å². The van der Waals surface area contributed by atoms with Crippen LogP contribution in [0.1, 0.15) is 41.9 Å². The van der Waals surface area contributed by atoms with E-state index in [1.54, 1.807) is 4.68 Å². The molecule has 1 aromatic heterocycles. The van der Waals surface area contributed by atoms with Gasteiger partial charge in [-0.25, -0.2) is 0 Å². The number of hydrogen-bond donors (Lipinski definition) is 1. The number of aromatic nitrogens is 2. The van der Waals surface area contributed by atoms with Crippen LogP contribution in [0.2, 0.25) is 0 Å². The van der Waals surface area contributed by atoms with Crippen molar-refractivity contribution in [2.24, 2.45) is 12.8 Å². The van der Waals surface area contributed by atoms with Gasteiger partial charge in [0.05, 0.1) is 5.69 Å². The topological polar surface area (TPSA) is 64.2 Å². The average Bonchev–Trinajstić information content (AvgIpc) is 2.69. The van der Waals surface area contributed by atoms with Gasteiger partial charge in [0.2, 0.25) is 0 Å². The first kappa shape index (κ1) is 13.1. The first-order chi connectivity index (χ1) is 8.63. The van der Waals surface area contributed by atoms with Crippen LogP contribution in [0, 0.1) is 6.92 Å². The highest BCUT2D eigenvalue weighted by molar-refractivity contribution is 5.93. The summed E-state index contributed by atoms with van der Waals surface area (Å²) in [6.07, 6.45) is 4.24. The van der Waals surface area contributed by atoms with Gasteiger partial charge in [0.25, 0.3) is 5.91 Å². The molecule has 1 aromatic rings. The molecular weight excluding hydrogens is 228 g/mol. The molecule has 18 heavy (non-hydrogen) atoms. The molecule has 1 fully saturated rings. The second-order valence-electron chi connectivity index (χ2n) is 5.02. The molecule has 0 aromatic carbocycles. The average molecular weight is 250 g/mol. The molecule has 0 spiro atoms. The van der Waals surface area contributed by atoms with Crippen molar-refractivity contribution in [3.05, 3.63) is 17.5 Å². The number of hydrogen-bond acceptors (Lipinski definition) is 3. The molecule has 2 N–H and O–H groups in total. The first-order valence-electron chi connectivity index (χ1n) is 6.65. The molecule has 1 unspecified atom stereocenters. The third-order valence-electron chi connectivity index (χ3n) is 3.61. The largest absolute Gasteiger partial charge is 0.334 e. The van der Waals surface area contributed by atoms with E-state index in [2.05, 4.69) is 5.10 Å². The number of nitrogens with zero attached hydrogens (tertiary/aromatic N) is 3. The predicted octanol–water partition coefficient (Wildman–Crippen LogP) is 1.07. The van der Waals surface area contributed by atoms with Crippen molar-refractivity contribution in [2.75, 3.05) is 13.1 Å². The van der Waals surface area contributed by atoms with Crippen molar-refractivity contribution in [1.82, 2.24) is 14.7 Å². The van der Waals surface area contributed by atoms with E-state index in [-0.39, 0.29) is 5.91 Å². The van der Waals surface area contributed by atoms with E-state index in [4.69, 9.17) is 5.73 Å².